The van der Waals surface area contributed by atoms with Crippen LogP contribution in [0.25, 0.3) is 0 Å². The van der Waals surface area contributed by atoms with Gasteiger partial charge in [-0.3, -0.25) is 4.31 Å². The zero-order valence-corrected chi connectivity index (χ0v) is 12.5. The van der Waals surface area contributed by atoms with Crippen molar-refractivity contribution >= 4 is 15.7 Å². The number of hydrogen-bond acceptors (Lipinski definition) is 3. The van der Waals surface area contributed by atoms with Gasteiger partial charge in [0, 0.05) is 13.1 Å². The lowest BCUT2D eigenvalue weighted by atomic mass is 10.2. The van der Waals surface area contributed by atoms with Gasteiger partial charge in [0.1, 0.15) is 10.7 Å². The Morgan fingerprint density at radius 3 is 2.38 bits per heavy atom. The molecule has 0 aliphatic rings. The average Bonchev–Trinajstić information content (AvgIpc) is 2.49. The monoisotopic (exact) mass is 308 g/mol. The zero-order chi connectivity index (χ0) is 15.5. The fourth-order valence-electron chi connectivity index (χ4n) is 2.08. The number of para-hydroxylation sites is 1. The lowest BCUT2D eigenvalue weighted by molar-refractivity contribution is 0.563. The van der Waals surface area contributed by atoms with E-state index in [9.17, 15) is 12.8 Å². The Bertz CT molecular complexity index is 718. The quantitative estimate of drug-likeness (QED) is 0.923. The van der Waals surface area contributed by atoms with Gasteiger partial charge in [-0.2, -0.15) is 0 Å². The van der Waals surface area contributed by atoms with E-state index in [4.69, 9.17) is 5.73 Å². The summed E-state index contributed by atoms with van der Waals surface area (Å²) in [5.41, 5.74) is 6.57. The number of anilines is 1. The number of nitrogens with zero attached hydrogens (tertiary/aromatic N) is 1. The summed E-state index contributed by atoms with van der Waals surface area (Å²) in [6.45, 7) is 2.06. The molecule has 0 aliphatic carbocycles. The van der Waals surface area contributed by atoms with E-state index < -0.39 is 15.8 Å². The number of rotatable bonds is 5. The van der Waals surface area contributed by atoms with Gasteiger partial charge >= 0.3 is 0 Å². The summed E-state index contributed by atoms with van der Waals surface area (Å²) in [5, 5.41) is 0. The van der Waals surface area contributed by atoms with Gasteiger partial charge < -0.3 is 5.73 Å². The molecule has 0 spiro atoms. The normalized spacial score (nSPS) is 11.4. The molecule has 2 aromatic rings. The Balaban J connectivity index is 2.55. The molecular formula is C15H17FN2O2S. The summed E-state index contributed by atoms with van der Waals surface area (Å²) in [6, 6.07) is 12.5. The molecule has 4 nitrogen and oxygen atoms in total. The van der Waals surface area contributed by atoms with Gasteiger partial charge in [-0.1, -0.05) is 24.3 Å². The van der Waals surface area contributed by atoms with Crippen molar-refractivity contribution in [1.82, 2.24) is 0 Å². The number of halogens is 1. The highest BCUT2D eigenvalue weighted by atomic mass is 32.2. The third-order valence-electron chi connectivity index (χ3n) is 3.13. The predicted octanol–water partition coefficient (Wildman–Crippen LogP) is 2.50. The highest BCUT2D eigenvalue weighted by Gasteiger charge is 2.26. The minimum absolute atomic E-state index is 0.153. The van der Waals surface area contributed by atoms with Crippen LogP contribution in [0.1, 0.15) is 12.5 Å². The van der Waals surface area contributed by atoms with E-state index in [-0.39, 0.29) is 18.0 Å². The van der Waals surface area contributed by atoms with Crippen LogP contribution in [0.15, 0.2) is 53.4 Å². The van der Waals surface area contributed by atoms with E-state index >= 15 is 0 Å². The van der Waals surface area contributed by atoms with Crippen LogP contribution >= 0.6 is 0 Å². The minimum atomic E-state index is -3.96. The Morgan fingerprint density at radius 1 is 1.14 bits per heavy atom. The number of hydrogen-bond donors (Lipinski definition) is 1. The standard InChI is InChI=1S/C15H17FN2O2S/c1-2-18(13-6-4-3-5-7-13)21(19,20)15-10-12(11-17)8-9-14(15)16/h3-10H,2,11,17H2,1H3. The molecule has 2 rings (SSSR count). The second-order valence-electron chi connectivity index (χ2n) is 4.47. The smallest absolute Gasteiger partial charge is 0.267 e. The van der Waals surface area contributed by atoms with Gasteiger partial charge in [0.2, 0.25) is 0 Å². The van der Waals surface area contributed by atoms with Gasteiger partial charge in [0.15, 0.2) is 0 Å². The summed E-state index contributed by atoms with van der Waals surface area (Å²) in [4.78, 5) is -0.351. The van der Waals surface area contributed by atoms with Gasteiger partial charge in [0.25, 0.3) is 10.0 Å². The molecule has 0 amide bonds. The lowest BCUT2D eigenvalue weighted by Gasteiger charge is -2.23. The van der Waals surface area contributed by atoms with Crippen molar-refractivity contribution in [1.29, 1.82) is 0 Å². The van der Waals surface area contributed by atoms with E-state index in [1.807, 2.05) is 0 Å². The first kappa shape index (κ1) is 15.5. The molecule has 0 saturated carbocycles. The summed E-state index contributed by atoms with van der Waals surface area (Å²) < 4.78 is 40.5. The molecule has 0 saturated heterocycles. The molecule has 0 heterocycles. The minimum Gasteiger partial charge on any atom is -0.326 e. The molecule has 0 fully saturated rings. The summed E-state index contributed by atoms with van der Waals surface area (Å²) >= 11 is 0. The highest BCUT2D eigenvalue weighted by Crippen LogP contribution is 2.25. The lowest BCUT2D eigenvalue weighted by Crippen LogP contribution is -2.31. The van der Waals surface area contributed by atoms with Gasteiger partial charge in [-0.05, 0) is 36.8 Å². The van der Waals surface area contributed by atoms with Crippen LogP contribution in [0.2, 0.25) is 0 Å². The number of benzene rings is 2. The maximum atomic E-state index is 14.0. The van der Waals surface area contributed by atoms with E-state index in [1.54, 1.807) is 37.3 Å². The van der Waals surface area contributed by atoms with Crippen LogP contribution < -0.4 is 10.0 Å². The molecular weight excluding hydrogens is 291 g/mol. The average molecular weight is 308 g/mol. The molecule has 2 N–H and O–H groups in total. The van der Waals surface area contributed by atoms with Crippen LogP contribution in [0, 0.1) is 5.82 Å². The molecule has 0 atom stereocenters. The van der Waals surface area contributed by atoms with Crippen molar-refractivity contribution in [3.63, 3.8) is 0 Å². The van der Waals surface area contributed by atoms with Crippen molar-refractivity contribution in [3.05, 3.63) is 59.9 Å². The first-order chi connectivity index (χ1) is 10.0. The molecule has 112 valence electrons. The largest absolute Gasteiger partial charge is 0.326 e. The maximum Gasteiger partial charge on any atom is 0.267 e. The van der Waals surface area contributed by atoms with E-state index in [1.165, 1.54) is 16.4 Å². The predicted molar refractivity (Wildman–Crippen MR) is 80.9 cm³/mol. The van der Waals surface area contributed by atoms with Gasteiger partial charge in [-0.25, -0.2) is 12.8 Å². The zero-order valence-electron chi connectivity index (χ0n) is 11.7. The number of nitrogens with two attached hydrogens (primary N) is 1. The SMILES string of the molecule is CCN(c1ccccc1)S(=O)(=O)c1cc(CN)ccc1F. The van der Waals surface area contributed by atoms with Crippen molar-refractivity contribution in [2.45, 2.75) is 18.4 Å². The molecule has 0 aromatic heterocycles. The molecule has 0 bridgehead atoms. The summed E-state index contributed by atoms with van der Waals surface area (Å²) in [7, 11) is -3.96. The summed E-state index contributed by atoms with van der Waals surface area (Å²) in [5.74, 6) is -0.776. The van der Waals surface area contributed by atoms with Crippen molar-refractivity contribution < 1.29 is 12.8 Å². The Morgan fingerprint density at radius 2 is 1.81 bits per heavy atom. The topological polar surface area (TPSA) is 63.4 Å². The molecule has 21 heavy (non-hydrogen) atoms. The number of sulfonamides is 1. The van der Waals surface area contributed by atoms with Crippen LogP contribution in [0.5, 0.6) is 0 Å². The molecule has 0 radical (unpaired) electrons. The second kappa shape index (κ2) is 6.24. The van der Waals surface area contributed by atoms with Crippen LogP contribution in [0.4, 0.5) is 10.1 Å². The molecule has 0 unspecified atom stereocenters. The van der Waals surface area contributed by atoms with Gasteiger partial charge in [0.05, 0.1) is 5.69 Å². The summed E-state index contributed by atoms with van der Waals surface area (Å²) in [6.07, 6.45) is 0. The molecule has 6 heteroatoms. The van der Waals surface area contributed by atoms with Crippen molar-refractivity contribution in [2.24, 2.45) is 5.73 Å². The maximum absolute atomic E-state index is 14.0. The first-order valence-electron chi connectivity index (χ1n) is 6.57. The Kier molecular flexibility index (Phi) is 4.59. The third-order valence-corrected chi connectivity index (χ3v) is 5.05. The van der Waals surface area contributed by atoms with Crippen molar-refractivity contribution in [3.8, 4) is 0 Å². The van der Waals surface area contributed by atoms with Crippen LogP contribution in [-0.2, 0) is 16.6 Å². The second-order valence-corrected chi connectivity index (χ2v) is 6.30. The van der Waals surface area contributed by atoms with Crippen molar-refractivity contribution in [2.75, 3.05) is 10.8 Å². The van der Waals surface area contributed by atoms with E-state index in [0.717, 1.165) is 6.07 Å². The Labute approximate surface area is 124 Å². The first-order valence-corrected chi connectivity index (χ1v) is 8.01. The van der Waals surface area contributed by atoms with Gasteiger partial charge in [-0.15, -0.1) is 0 Å². The fourth-order valence-corrected chi connectivity index (χ4v) is 3.67. The van der Waals surface area contributed by atoms with E-state index in [2.05, 4.69) is 0 Å². The Hall–Kier alpha value is -1.92. The van der Waals surface area contributed by atoms with Crippen LogP contribution in [0.3, 0.4) is 0 Å². The highest BCUT2D eigenvalue weighted by molar-refractivity contribution is 7.92. The van der Waals surface area contributed by atoms with E-state index in [0.29, 0.717) is 11.3 Å². The van der Waals surface area contributed by atoms with Crippen LogP contribution in [-0.4, -0.2) is 15.0 Å². The fraction of sp³-hybridized carbons (Fsp3) is 0.200. The molecule has 2 aromatic carbocycles. The third kappa shape index (κ3) is 3.06. The molecule has 0 aliphatic heterocycles.